The molecule has 0 bridgehead atoms. The molecule has 0 aliphatic heterocycles. The van der Waals surface area contributed by atoms with E-state index in [4.69, 9.17) is 18.9 Å². The number of allylic oxidation sites excluding steroid dienone is 16. The van der Waals surface area contributed by atoms with E-state index in [0.717, 1.165) is 103 Å². The van der Waals surface area contributed by atoms with E-state index in [1.807, 2.05) is 21.1 Å². The average Bonchev–Trinajstić information content (AvgIpc) is 3.19. The van der Waals surface area contributed by atoms with Crippen molar-refractivity contribution in [2.45, 2.75) is 155 Å². The summed E-state index contributed by atoms with van der Waals surface area (Å²) in [7, 11) is 5.88. The molecule has 2 unspecified atom stereocenters. The van der Waals surface area contributed by atoms with Crippen molar-refractivity contribution in [1.82, 2.24) is 0 Å². The SMILES string of the molecule is CC/C=C\C/C=C\C/C=C\C/C=C\C/C=C\CCCCCC(=O)OC(COC(=O)CCCCCCC/C=C\C/C=C\C/C=C\CC)COC(OCC[N+](C)(C)C)C(=O)[O-]. The van der Waals surface area contributed by atoms with Crippen molar-refractivity contribution in [3.05, 3.63) is 97.2 Å². The van der Waals surface area contributed by atoms with Crippen molar-refractivity contribution in [2.24, 2.45) is 0 Å². The van der Waals surface area contributed by atoms with Crippen LogP contribution in [0.4, 0.5) is 0 Å². The Morgan fingerprint density at radius 1 is 0.508 bits per heavy atom. The van der Waals surface area contributed by atoms with Crippen LogP contribution in [0.1, 0.15) is 142 Å². The van der Waals surface area contributed by atoms with Gasteiger partial charge in [-0.05, 0) is 89.9 Å². The highest BCUT2D eigenvalue weighted by molar-refractivity contribution is 5.70. The quantitative estimate of drug-likeness (QED) is 0.0198. The van der Waals surface area contributed by atoms with Crippen LogP contribution in [0.2, 0.25) is 0 Å². The summed E-state index contributed by atoms with van der Waals surface area (Å²) >= 11 is 0. The van der Waals surface area contributed by atoms with Crippen LogP contribution in [0, 0.1) is 0 Å². The third-order valence-corrected chi connectivity index (χ3v) is 8.83. The summed E-state index contributed by atoms with van der Waals surface area (Å²) in [6, 6.07) is 0. The number of carboxylic acid groups (broad SMARTS) is 1. The second-order valence-electron chi connectivity index (χ2n) is 15.6. The molecule has 0 spiro atoms. The Bertz CT molecular complexity index is 1280. The first kappa shape index (κ1) is 55.2. The average molecular weight is 824 g/mol. The lowest BCUT2D eigenvalue weighted by atomic mass is 10.1. The Balaban J connectivity index is 4.56. The fourth-order valence-corrected chi connectivity index (χ4v) is 5.40. The fraction of sp³-hybridized carbons (Fsp3) is 0.620. The number of hydrogen-bond acceptors (Lipinski definition) is 8. The Morgan fingerprint density at radius 3 is 1.37 bits per heavy atom. The molecular formula is C50H81NO8. The molecule has 0 saturated heterocycles. The van der Waals surface area contributed by atoms with Crippen molar-refractivity contribution in [3.63, 3.8) is 0 Å². The van der Waals surface area contributed by atoms with Crippen LogP contribution in [0.3, 0.4) is 0 Å². The second kappa shape index (κ2) is 41.0. The molecule has 334 valence electrons. The largest absolute Gasteiger partial charge is 0.545 e. The van der Waals surface area contributed by atoms with E-state index in [0.29, 0.717) is 23.9 Å². The molecule has 0 aromatic rings. The molecule has 59 heavy (non-hydrogen) atoms. The van der Waals surface area contributed by atoms with Gasteiger partial charge in [0, 0.05) is 12.8 Å². The third kappa shape index (κ3) is 42.1. The van der Waals surface area contributed by atoms with Gasteiger partial charge in [0.1, 0.15) is 13.2 Å². The molecule has 0 saturated carbocycles. The van der Waals surface area contributed by atoms with Gasteiger partial charge in [-0.3, -0.25) is 9.59 Å². The lowest BCUT2D eigenvalue weighted by Crippen LogP contribution is -2.44. The van der Waals surface area contributed by atoms with Gasteiger partial charge >= 0.3 is 11.9 Å². The number of carbonyl (C=O) groups excluding carboxylic acids is 3. The standard InChI is InChI=1S/C50H81NO8/c1-6-8-10-12-14-16-18-20-22-23-24-25-27-29-31-33-35-37-39-41-48(53)59-46(45-58-50(49(54)55)56-43-42-51(3,4)5)44-57-47(52)40-38-36-34-32-30-28-26-21-19-17-15-13-11-9-7-2/h8-11,14-17,20-22,24-26,29,31,46,50H,6-7,12-13,18-19,23,27-28,30,32-45H2,1-5H3/b10-8-,11-9-,16-14-,17-15-,22-20-,25-24-,26-21-,31-29-. The minimum atomic E-state index is -1.64. The van der Waals surface area contributed by atoms with E-state index in [1.54, 1.807) is 0 Å². The fourth-order valence-electron chi connectivity index (χ4n) is 5.40. The van der Waals surface area contributed by atoms with Crippen molar-refractivity contribution in [3.8, 4) is 0 Å². The molecule has 0 N–H and O–H groups in total. The van der Waals surface area contributed by atoms with E-state index in [-0.39, 0.29) is 32.7 Å². The minimum Gasteiger partial charge on any atom is -0.545 e. The van der Waals surface area contributed by atoms with Crippen LogP contribution >= 0.6 is 0 Å². The normalized spacial score (nSPS) is 13.8. The van der Waals surface area contributed by atoms with Crippen molar-refractivity contribution in [2.75, 3.05) is 47.5 Å². The number of ether oxygens (including phenoxy) is 4. The van der Waals surface area contributed by atoms with Crippen LogP contribution in [-0.4, -0.2) is 82.3 Å². The molecule has 9 heteroatoms. The molecule has 0 aliphatic rings. The molecule has 0 aliphatic carbocycles. The first-order chi connectivity index (χ1) is 28.6. The van der Waals surface area contributed by atoms with Crippen LogP contribution in [0.5, 0.6) is 0 Å². The number of esters is 2. The van der Waals surface area contributed by atoms with Crippen molar-refractivity contribution >= 4 is 17.9 Å². The molecule has 2 atom stereocenters. The number of aliphatic carboxylic acids is 1. The van der Waals surface area contributed by atoms with Gasteiger partial charge in [-0.15, -0.1) is 0 Å². The third-order valence-electron chi connectivity index (χ3n) is 8.83. The monoisotopic (exact) mass is 824 g/mol. The number of quaternary nitrogens is 1. The van der Waals surface area contributed by atoms with Crippen LogP contribution in [0.25, 0.3) is 0 Å². The number of nitrogens with zero attached hydrogens (tertiary/aromatic N) is 1. The number of unbranched alkanes of at least 4 members (excludes halogenated alkanes) is 8. The molecular weight excluding hydrogens is 743 g/mol. The molecule has 0 fully saturated rings. The summed E-state index contributed by atoms with van der Waals surface area (Å²) in [4.78, 5) is 37.0. The van der Waals surface area contributed by atoms with E-state index >= 15 is 0 Å². The molecule has 0 aromatic carbocycles. The number of rotatable bonds is 39. The number of carbonyl (C=O) groups is 3. The Labute approximate surface area is 359 Å². The zero-order valence-electron chi connectivity index (χ0n) is 37.6. The maximum Gasteiger partial charge on any atom is 0.306 e. The summed E-state index contributed by atoms with van der Waals surface area (Å²) in [5, 5.41) is 11.7. The predicted octanol–water partition coefficient (Wildman–Crippen LogP) is 10.5. The maximum atomic E-state index is 12.7. The predicted molar refractivity (Wildman–Crippen MR) is 241 cm³/mol. The zero-order valence-corrected chi connectivity index (χ0v) is 37.6. The smallest absolute Gasteiger partial charge is 0.306 e. The topological polar surface area (TPSA) is 111 Å². The van der Waals surface area contributed by atoms with Crippen molar-refractivity contribution in [1.29, 1.82) is 0 Å². The van der Waals surface area contributed by atoms with E-state index in [1.165, 1.54) is 0 Å². The summed E-state index contributed by atoms with van der Waals surface area (Å²) in [5.41, 5.74) is 0. The van der Waals surface area contributed by atoms with Gasteiger partial charge < -0.3 is 33.3 Å². The van der Waals surface area contributed by atoms with E-state index in [9.17, 15) is 19.5 Å². The van der Waals surface area contributed by atoms with Gasteiger partial charge in [-0.2, -0.15) is 0 Å². The van der Waals surface area contributed by atoms with Gasteiger partial charge in [-0.1, -0.05) is 137 Å². The Hall–Kier alpha value is -3.79. The van der Waals surface area contributed by atoms with Crippen molar-refractivity contribution < 1.29 is 42.9 Å². The summed E-state index contributed by atoms with van der Waals surface area (Å²) in [5.74, 6) is -2.37. The Morgan fingerprint density at radius 2 is 0.915 bits per heavy atom. The first-order valence-corrected chi connectivity index (χ1v) is 22.4. The van der Waals surface area contributed by atoms with E-state index < -0.39 is 30.3 Å². The highest BCUT2D eigenvalue weighted by atomic mass is 16.7. The number of carboxylic acids is 1. The summed E-state index contributed by atoms with van der Waals surface area (Å²) in [6.45, 7) is 4.42. The molecule has 0 radical (unpaired) electrons. The van der Waals surface area contributed by atoms with Gasteiger partial charge in [0.05, 0.1) is 40.3 Å². The first-order valence-electron chi connectivity index (χ1n) is 22.4. The second-order valence-corrected chi connectivity index (χ2v) is 15.6. The van der Waals surface area contributed by atoms with Gasteiger partial charge in [0.25, 0.3) is 0 Å². The van der Waals surface area contributed by atoms with Gasteiger partial charge in [0.2, 0.25) is 0 Å². The van der Waals surface area contributed by atoms with Gasteiger partial charge in [0.15, 0.2) is 12.4 Å². The summed E-state index contributed by atoms with van der Waals surface area (Å²) in [6.07, 6.45) is 50.1. The summed E-state index contributed by atoms with van der Waals surface area (Å²) < 4.78 is 22.5. The van der Waals surface area contributed by atoms with E-state index in [2.05, 4.69) is 111 Å². The van der Waals surface area contributed by atoms with Crippen LogP contribution < -0.4 is 5.11 Å². The zero-order chi connectivity index (χ0) is 43.5. The molecule has 0 aromatic heterocycles. The van der Waals surface area contributed by atoms with Crippen LogP contribution in [0.15, 0.2) is 97.2 Å². The Kier molecular flexibility index (Phi) is 38.3. The molecule has 0 rings (SSSR count). The molecule has 0 heterocycles. The lowest BCUT2D eigenvalue weighted by molar-refractivity contribution is -0.870. The number of hydrogen-bond donors (Lipinski definition) is 0. The molecule has 0 amide bonds. The highest BCUT2D eigenvalue weighted by Crippen LogP contribution is 2.11. The number of likely N-dealkylation sites (N-methyl/N-ethyl adjacent to an activating group) is 1. The van der Waals surface area contributed by atoms with Crippen LogP contribution in [-0.2, 0) is 33.3 Å². The highest BCUT2D eigenvalue weighted by Gasteiger charge is 2.21. The maximum absolute atomic E-state index is 12.7. The minimum absolute atomic E-state index is 0.132. The lowest BCUT2D eigenvalue weighted by Gasteiger charge is -2.26. The molecule has 9 nitrogen and oxygen atoms in total. The van der Waals surface area contributed by atoms with Gasteiger partial charge in [-0.25, -0.2) is 0 Å².